The van der Waals surface area contributed by atoms with Crippen molar-refractivity contribution in [3.05, 3.63) is 99.9 Å². The fourth-order valence-corrected chi connectivity index (χ4v) is 4.30. The molecule has 0 saturated heterocycles. The minimum atomic E-state index is -0.956. The topological polar surface area (TPSA) is 145 Å². The SMILES string of the molecule is Cc1cc(Nc2cc(N[C@H](Cc3ccc(-n4ccccc4=O)cc3)C(N)=O)c(F)cc2C(N)=O)sn1. The first kappa shape index (κ1) is 24.6. The van der Waals surface area contributed by atoms with Gasteiger partial charge in [0.1, 0.15) is 16.9 Å². The van der Waals surface area contributed by atoms with Crippen molar-refractivity contribution in [2.24, 2.45) is 11.5 Å². The second-order valence-corrected chi connectivity index (χ2v) is 8.88. The molecule has 2 aromatic carbocycles. The Hall–Kier alpha value is -4.51. The summed E-state index contributed by atoms with van der Waals surface area (Å²) in [7, 11) is 0. The Bertz CT molecular complexity index is 1480. The highest BCUT2D eigenvalue weighted by molar-refractivity contribution is 7.10. The number of nitrogens with one attached hydrogen (secondary N) is 2. The Labute approximate surface area is 209 Å². The van der Waals surface area contributed by atoms with Gasteiger partial charge in [0.15, 0.2) is 0 Å². The van der Waals surface area contributed by atoms with E-state index in [1.165, 1.54) is 28.2 Å². The van der Waals surface area contributed by atoms with Gasteiger partial charge >= 0.3 is 0 Å². The summed E-state index contributed by atoms with van der Waals surface area (Å²) >= 11 is 1.17. The van der Waals surface area contributed by atoms with Crippen LogP contribution in [0.2, 0.25) is 0 Å². The zero-order valence-electron chi connectivity index (χ0n) is 19.2. The van der Waals surface area contributed by atoms with Crippen molar-refractivity contribution in [2.75, 3.05) is 10.6 Å². The molecule has 0 spiro atoms. The normalized spacial score (nSPS) is 11.6. The van der Waals surface area contributed by atoms with Crippen LogP contribution in [0.15, 0.2) is 71.7 Å². The summed E-state index contributed by atoms with van der Waals surface area (Å²) in [4.78, 5) is 36.1. The molecule has 0 saturated carbocycles. The second kappa shape index (κ2) is 10.4. The Morgan fingerprint density at radius 2 is 1.83 bits per heavy atom. The van der Waals surface area contributed by atoms with Crippen molar-refractivity contribution < 1.29 is 14.0 Å². The van der Waals surface area contributed by atoms with Gasteiger partial charge in [-0.15, -0.1) is 0 Å². The molecule has 184 valence electrons. The maximum Gasteiger partial charge on any atom is 0.255 e. The summed E-state index contributed by atoms with van der Waals surface area (Å²) in [6.07, 6.45) is 1.82. The monoisotopic (exact) mass is 506 g/mol. The first-order chi connectivity index (χ1) is 17.2. The number of nitrogens with zero attached hydrogens (tertiary/aromatic N) is 2. The molecule has 2 aromatic heterocycles. The molecule has 0 aliphatic heterocycles. The summed E-state index contributed by atoms with van der Waals surface area (Å²) in [5.74, 6) is -2.27. The van der Waals surface area contributed by atoms with Gasteiger partial charge in [-0.25, -0.2) is 4.39 Å². The smallest absolute Gasteiger partial charge is 0.255 e. The molecule has 6 N–H and O–H groups in total. The van der Waals surface area contributed by atoms with Crippen LogP contribution in [0.3, 0.4) is 0 Å². The fourth-order valence-electron chi connectivity index (χ4n) is 3.63. The molecule has 0 aliphatic rings. The molecule has 0 aliphatic carbocycles. The number of carbonyl (C=O) groups excluding carboxylic acids is 2. The second-order valence-electron chi connectivity index (χ2n) is 8.08. The third-order valence-electron chi connectivity index (χ3n) is 5.41. The Morgan fingerprint density at radius 3 is 2.44 bits per heavy atom. The lowest BCUT2D eigenvalue weighted by Crippen LogP contribution is -2.37. The fraction of sp³-hybridized carbons (Fsp3) is 0.120. The van der Waals surface area contributed by atoms with Gasteiger partial charge in [-0.3, -0.25) is 19.0 Å². The number of primary amides is 2. The number of nitrogens with two attached hydrogens (primary N) is 2. The van der Waals surface area contributed by atoms with E-state index in [9.17, 15) is 18.8 Å². The molecule has 1 atom stereocenters. The summed E-state index contributed by atoms with van der Waals surface area (Å²) < 4.78 is 20.5. The lowest BCUT2D eigenvalue weighted by molar-refractivity contribution is -0.118. The number of aromatic nitrogens is 2. The lowest BCUT2D eigenvalue weighted by atomic mass is 10.0. The van der Waals surface area contributed by atoms with Crippen molar-refractivity contribution in [3.8, 4) is 5.69 Å². The Balaban J connectivity index is 1.58. The third-order valence-corrected chi connectivity index (χ3v) is 6.20. The molecule has 9 nitrogen and oxygen atoms in total. The molecule has 2 heterocycles. The highest BCUT2D eigenvalue weighted by atomic mass is 32.1. The van der Waals surface area contributed by atoms with Gasteiger partial charge in [0.05, 0.1) is 22.6 Å². The molecule has 2 amide bonds. The largest absolute Gasteiger partial charge is 0.371 e. The third kappa shape index (κ3) is 5.58. The molecule has 0 bridgehead atoms. The lowest BCUT2D eigenvalue weighted by Gasteiger charge is -2.19. The van der Waals surface area contributed by atoms with E-state index < -0.39 is 23.7 Å². The maximum atomic E-state index is 14.9. The first-order valence-corrected chi connectivity index (χ1v) is 11.6. The Morgan fingerprint density at radius 1 is 1.08 bits per heavy atom. The predicted molar refractivity (Wildman–Crippen MR) is 137 cm³/mol. The number of hydrogen-bond donors (Lipinski definition) is 4. The number of rotatable bonds is 9. The van der Waals surface area contributed by atoms with Crippen LogP contribution in [0, 0.1) is 12.7 Å². The van der Waals surface area contributed by atoms with Gasteiger partial charge in [0, 0.05) is 24.4 Å². The van der Waals surface area contributed by atoms with Crippen LogP contribution in [0.4, 0.5) is 20.8 Å². The number of hydrogen-bond acceptors (Lipinski definition) is 7. The molecular formula is C25H23FN6O3S. The summed E-state index contributed by atoms with van der Waals surface area (Å²) in [6.45, 7) is 1.82. The number of benzene rings is 2. The van der Waals surface area contributed by atoms with Crippen LogP contribution in [0.5, 0.6) is 0 Å². The predicted octanol–water partition coefficient (Wildman–Crippen LogP) is 3.09. The van der Waals surface area contributed by atoms with Gasteiger partial charge < -0.3 is 22.1 Å². The first-order valence-electron chi connectivity index (χ1n) is 10.9. The van der Waals surface area contributed by atoms with Crippen LogP contribution in [-0.2, 0) is 11.2 Å². The number of aryl methyl sites for hydroxylation is 1. The highest BCUT2D eigenvalue weighted by Crippen LogP contribution is 2.30. The molecule has 0 radical (unpaired) electrons. The van der Waals surface area contributed by atoms with E-state index in [4.69, 9.17) is 11.5 Å². The molecule has 4 aromatic rings. The summed E-state index contributed by atoms with van der Waals surface area (Å²) in [5.41, 5.74) is 13.2. The number of halogens is 1. The number of amides is 2. The molecule has 4 rings (SSSR count). The average Bonchev–Trinajstić information content (AvgIpc) is 3.25. The van der Waals surface area contributed by atoms with Gasteiger partial charge in [-0.2, -0.15) is 4.37 Å². The Kier molecular flexibility index (Phi) is 7.11. The molecule has 0 fully saturated rings. The zero-order valence-corrected chi connectivity index (χ0v) is 20.0. The minimum Gasteiger partial charge on any atom is -0.371 e. The molecule has 11 heteroatoms. The standard InChI is InChI=1S/C25H23FN6O3S/c1-14-10-22(36-31-14)30-19-13-20(18(26)12-17(19)24(27)34)29-21(25(28)35)11-15-5-7-16(8-6-15)32-9-3-2-4-23(32)33/h2-10,12-13,21,29-30H,11H2,1H3,(H2,27,34)(H2,28,35)/t21-/m1/s1. The number of carbonyl (C=O) groups is 2. The van der Waals surface area contributed by atoms with Gasteiger partial charge in [0.25, 0.3) is 11.5 Å². The van der Waals surface area contributed by atoms with E-state index in [0.29, 0.717) is 10.7 Å². The van der Waals surface area contributed by atoms with Crippen molar-refractivity contribution in [2.45, 2.75) is 19.4 Å². The average molecular weight is 507 g/mol. The van der Waals surface area contributed by atoms with Crippen LogP contribution < -0.4 is 27.7 Å². The van der Waals surface area contributed by atoms with Crippen molar-refractivity contribution >= 4 is 39.7 Å². The van der Waals surface area contributed by atoms with Gasteiger partial charge in [-0.05, 0) is 60.4 Å². The van der Waals surface area contributed by atoms with Crippen molar-refractivity contribution in [3.63, 3.8) is 0 Å². The zero-order chi connectivity index (χ0) is 25.8. The number of anilines is 3. The van der Waals surface area contributed by atoms with E-state index in [0.717, 1.165) is 17.3 Å². The van der Waals surface area contributed by atoms with Gasteiger partial charge in [-0.1, -0.05) is 18.2 Å². The molecule has 0 unspecified atom stereocenters. The summed E-state index contributed by atoms with van der Waals surface area (Å²) in [6, 6.07) is 15.1. The van der Waals surface area contributed by atoms with E-state index in [2.05, 4.69) is 15.0 Å². The highest BCUT2D eigenvalue weighted by Gasteiger charge is 2.21. The quantitative estimate of drug-likeness (QED) is 0.275. The molecular weight excluding hydrogens is 483 g/mol. The summed E-state index contributed by atoms with van der Waals surface area (Å²) in [5, 5.41) is 6.50. The maximum absolute atomic E-state index is 14.9. The van der Waals surface area contributed by atoms with E-state index in [-0.39, 0.29) is 28.9 Å². The van der Waals surface area contributed by atoms with Crippen molar-refractivity contribution in [1.82, 2.24) is 8.94 Å². The van der Waals surface area contributed by atoms with E-state index in [1.807, 2.05) is 6.92 Å². The van der Waals surface area contributed by atoms with Crippen LogP contribution in [0.1, 0.15) is 21.6 Å². The van der Waals surface area contributed by atoms with E-state index in [1.54, 1.807) is 48.7 Å². The van der Waals surface area contributed by atoms with Gasteiger partial charge in [0.2, 0.25) is 5.91 Å². The molecule has 36 heavy (non-hydrogen) atoms. The van der Waals surface area contributed by atoms with Crippen LogP contribution >= 0.6 is 11.5 Å². The van der Waals surface area contributed by atoms with Crippen LogP contribution in [-0.4, -0.2) is 26.8 Å². The number of pyridine rings is 1. The van der Waals surface area contributed by atoms with Crippen LogP contribution in [0.25, 0.3) is 5.69 Å². The minimum absolute atomic E-state index is 0.0278. The van der Waals surface area contributed by atoms with Crippen molar-refractivity contribution in [1.29, 1.82) is 0 Å². The van der Waals surface area contributed by atoms with E-state index >= 15 is 0 Å².